The molecular weight excluding hydrogens is 440 g/mol. The van der Waals surface area contributed by atoms with Crippen LogP contribution in [0.25, 0.3) is 16.8 Å². The number of nitrogens with zero attached hydrogens (tertiary/aromatic N) is 6. The molecule has 1 aromatic carbocycles. The van der Waals surface area contributed by atoms with Crippen LogP contribution in [0.15, 0.2) is 55.0 Å². The first-order valence-corrected chi connectivity index (χ1v) is 11.9. The lowest BCUT2D eigenvalue weighted by Crippen LogP contribution is -2.29. The topological polar surface area (TPSA) is 113 Å². The van der Waals surface area contributed by atoms with Crippen LogP contribution in [-0.4, -0.2) is 57.6 Å². The number of hydrogen-bond donors (Lipinski definition) is 3. The van der Waals surface area contributed by atoms with Crippen LogP contribution in [0.4, 0.5) is 11.6 Å². The molecule has 1 unspecified atom stereocenters. The Morgan fingerprint density at radius 2 is 2.03 bits per heavy atom. The van der Waals surface area contributed by atoms with Gasteiger partial charge in [0.15, 0.2) is 0 Å². The van der Waals surface area contributed by atoms with Crippen LogP contribution in [-0.2, 0) is 17.8 Å². The third-order valence-corrected chi connectivity index (χ3v) is 6.55. The zero-order valence-electron chi connectivity index (χ0n) is 18.3. The zero-order chi connectivity index (χ0) is 22.8. The van der Waals surface area contributed by atoms with Gasteiger partial charge in [0.25, 0.3) is 0 Å². The Bertz CT molecular complexity index is 1280. The second-order valence-corrected chi connectivity index (χ2v) is 9.21. The van der Waals surface area contributed by atoms with Gasteiger partial charge in [-0.15, -0.1) is 5.10 Å². The first-order chi connectivity index (χ1) is 16.1. The number of aromatic nitrogens is 5. The Balaban J connectivity index is 1.42. The SMILES string of the molecule is CN(Cc1ccccc1-c1ccc2cnc(Nc3cnn(C4CCNCC4)c3)nn12)S(=O)O. The molecule has 4 heterocycles. The van der Waals surface area contributed by atoms with Crippen LogP contribution in [0, 0.1) is 0 Å². The number of rotatable bonds is 7. The molecule has 0 radical (unpaired) electrons. The molecule has 0 amide bonds. The number of piperidine rings is 1. The standard InChI is InChI=1S/C22H26N8O2S/c1-28(33(31)32)14-16-4-2-3-5-20(16)21-7-6-19-13-24-22(27-30(19)21)26-17-12-25-29(15-17)18-8-10-23-11-9-18/h2-7,12-13,15,18,23H,8-11,14H2,1H3,(H,26,27)(H,31,32). The van der Waals surface area contributed by atoms with Crippen molar-refractivity contribution in [2.45, 2.75) is 25.4 Å². The van der Waals surface area contributed by atoms with Crippen molar-refractivity contribution in [1.82, 2.24) is 34.0 Å². The van der Waals surface area contributed by atoms with Gasteiger partial charge in [-0.1, -0.05) is 24.3 Å². The molecular formula is C22H26N8O2S. The summed E-state index contributed by atoms with van der Waals surface area (Å²) in [6.07, 6.45) is 7.70. The summed E-state index contributed by atoms with van der Waals surface area (Å²) in [6.45, 7) is 2.35. The van der Waals surface area contributed by atoms with Crippen LogP contribution in [0.1, 0.15) is 24.4 Å². The van der Waals surface area contributed by atoms with Crippen molar-refractivity contribution < 1.29 is 8.76 Å². The van der Waals surface area contributed by atoms with E-state index in [4.69, 9.17) is 5.10 Å². The molecule has 33 heavy (non-hydrogen) atoms. The molecule has 3 N–H and O–H groups in total. The predicted molar refractivity (Wildman–Crippen MR) is 127 cm³/mol. The summed E-state index contributed by atoms with van der Waals surface area (Å²) in [6, 6.07) is 12.2. The molecule has 172 valence electrons. The van der Waals surface area contributed by atoms with E-state index in [2.05, 4.69) is 20.7 Å². The molecule has 10 nitrogen and oxygen atoms in total. The minimum Gasteiger partial charge on any atom is -0.320 e. The molecule has 1 aliphatic heterocycles. The molecule has 3 aromatic heterocycles. The minimum atomic E-state index is -2.04. The molecule has 4 aromatic rings. The van der Waals surface area contributed by atoms with E-state index in [0.717, 1.165) is 54.0 Å². The van der Waals surface area contributed by atoms with E-state index in [1.54, 1.807) is 19.4 Å². The fraction of sp³-hybridized carbons (Fsp3) is 0.318. The second kappa shape index (κ2) is 9.40. The smallest absolute Gasteiger partial charge is 0.245 e. The van der Waals surface area contributed by atoms with Gasteiger partial charge in [-0.3, -0.25) is 9.23 Å². The van der Waals surface area contributed by atoms with Crippen LogP contribution in [0.5, 0.6) is 0 Å². The summed E-state index contributed by atoms with van der Waals surface area (Å²) in [5.41, 5.74) is 4.45. The van der Waals surface area contributed by atoms with Gasteiger partial charge in [0.1, 0.15) is 0 Å². The van der Waals surface area contributed by atoms with Crippen LogP contribution in [0.3, 0.4) is 0 Å². The lowest BCUT2D eigenvalue weighted by molar-refractivity contribution is 0.343. The summed E-state index contributed by atoms with van der Waals surface area (Å²) >= 11 is -2.04. The van der Waals surface area contributed by atoms with Gasteiger partial charge in [0.05, 0.1) is 35.3 Å². The third-order valence-electron chi connectivity index (χ3n) is 5.89. The summed E-state index contributed by atoms with van der Waals surface area (Å²) in [7, 11) is 1.61. The normalized spacial score (nSPS) is 15.8. The number of benzene rings is 1. The average molecular weight is 467 g/mol. The highest BCUT2D eigenvalue weighted by Gasteiger charge is 2.17. The number of fused-ring (bicyclic) bond motifs is 1. The van der Waals surface area contributed by atoms with E-state index < -0.39 is 11.3 Å². The number of hydrogen-bond acceptors (Lipinski definition) is 6. The third kappa shape index (κ3) is 4.67. The lowest BCUT2D eigenvalue weighted by atomic mass is 10.0. The van der Waals surface area contributed by atoms with Crippen molar-refractivity contribution in [3.63, 3.8) is 0 Å². The highest BCUT2D eigenvalue weighted by Crippen LogP contribution is 2.27. The fourth-order valence-electron chi connectivity index (χ4n) is 4.17. The zero-order valence-corrected chi connectivity index (χ0v) is 19.1. The van der Waals surface area contributed by atoms with Crippen molar-refractivity contribution in [2.75, 3.05) is 25.5 Å². The molecule has 0 aliphatic carbocycles. The van der Waals surface area contributed by atoms with Crippen molar-refractivity contribution in [2.24, 2.45) is 0 Å². The molecule has 11 heteroatoms. The van der Waals surface area contributed by atoms with E-state index in [9.17, 15) is 8.76 Å². The molecule has 1 atom stereocenters. The van der Waals surface area contributed by atoms with Crippen molar-refractivity contribution in [3.8, 4) is 11.3 Å². The Hall–Kier alpha value is -3.12. The molecule has 1 saturated heterocycles. The summed E-state index contributed by atoms with van der Waals surface area (Å²) in [5.74, 6) is 0.468. The number of nitrogens with one attached hydrogen (secondary N) is 2. The average Bonchev–Trinajstić information content (AvgIpc) is 3.47. The van der Waals surface area contributed by atoms with E-state index in [-0.39, 0.29) is 0 Å². The molecule has 1 aliphatic rings. The van der Waals surface area contributed by atoms with Crippen LogP contribution >= 0.6 is 0 Å². The maximum atomic E-state index is 11.4. The molecule has 0 saturated carbocycles. The maximum absolute atomic E-state index is 11.4. The fourth-order valence-corrected chi connectivity index (χ4v) is 4.42. The highest BCUT2D eigenvalue weighted by atomic mass is 32.2. The highest BCUT2D eigenvalue weighted by molar-refractivity contribution is 7.76. The summed E-state index contributed by atoms with van der Waals surface area (Å²) in [4.78, 5) is 4.45. The molecule has 0 bridgehead atoms. The van der Waals surface area contributed by atoms with Gasteiger partial charge in [-0.05, 0) is 43.6 Å². The molecule has 1 fully saturated rings. The first-order valence-electron chi connectivity index (χ1n) is 10.9. The van der Waals surface area contributed by atoms with E-state index in [0.29, 0.717) is 18.5 Å². The Morgan fingerprint density at radius 3 is 2.85 bits per heavy atom. The Labute approximate surface area is 194 Å². The largest absolute Gasteiger partial charge is 0.320 e. The quantitative estimate of drug-likeness (QED) is 0.359. The second-order valence-electron chi connectivity index (χ2n) is 8.13. The van der Waals surface area contributed by atoms with Gasteiger partial charge >= 0.3 is 0 Å². The van der Waals surface area contributed by atoms with Gasteiger partial charge in [0.2, 0.25) is 17.2 Å². The maximum Gasteiger partial charge on any atom is 0.245 e. The van der Waals surface area contributed by atoms with E-state index in [1.165, 1.54) is 4.31 Å². The summed E-state index contributed by atoms with van der Waals surface area (Å²) < 4.78 is 26.0. The Morgan fingerprint density at radius 1 is 1.21 bits per heavy atom. The van der Waals surface area contributed by atoms with Gasteiger partial charge in [-0.25, -0.2) is 13.7 Å². The first kappa shape index (κ1) is 21.7. The summed E-state index contributed by atoms with van der Waals surface area (Å²) in [5, 5.41) is 15.9. The molecule has 0 spiro atoms. The Kier molecular flexibility index (Phi) is 6.18. The van der Waals surface area contributed by atoms with Gasteiger partial charge < -0.3 is 10.6 Å². The number of anilines is 2. The minimum absolute atomic E-state index is 0.332. The van der Waals surface area contributed by atoms with Crippen LogP contribution < -0.4 is 10.6 Å². The van der Waals surface area contributed by atoms with Gasteiger partial charge in [-0.2, -0.15) is 9.40 Å². The van der Waals surface area contributed by atoms with E-state index in [1.807, 2.05) is 51.8 Å². The van der Waals surface area contributed by atoms with Crippen molar-refractivity contribution in [1.29, 1.82) is 0 Å². The predicted octanol–water partition coefficient (Wildman–Crippen LogP) is 2.83. The van der Waals surface area contributed by atoms with Gasteiger partial charge in [0, 0.05) is 25.4 Å². The lowest BCUT2D eigenvalue weighted by Gasteiger charge is -2.22. The van der Waals surface area contributed by atoms with Crippen molar-refractivity contribution in [3.05, 3.63) is 60.6 Å². The van der Waals surface area contributed by atoms with Crippen molar-refractivity contribution >= 4 is 28.4 Å². The van der Waals surface area contributed by atoms with Crippen LogP contribution in [0.2, 0.25) is 0 Å². The van der Waals surface area contributed by atoms with E-state index >= 15 is 0 Å². The monoisotopic (exact) mass is 466 g/mol. The molecule has 5 rings (SSSR count).